The van der Waals surface area contributed by atoms with Gasteiger partial charge in [-0.25, -0.2) is 0 Å². The average molecular weight is 303 g/mol. The Labute approximate surface area is 122 Å². The molecule has 0 fully saturated rings. The van der Waals surface area contributed by atoms with Gasteiger partial charge in [-0.1, -0.05) is 19.8 Å². The van der Waals surface area contributed by atoms with Gasteiger partial charge in [0.2, 0.25) is 0 Å². The van der Waals surface area contributed by atoms with Crippen molar-refractivity contribution in [2.45, 2.75) is 32.4 Å². The first kappa shape index (κ1) is 17.3. The molecule has 1 amide bonds. The van der Waals surface area contributed by atoms with Crippen molar-refractivity contribution < 1.29 is 18.0 Å². The molecule has 0 aliphatic rings. The number of nitrogen functional groups attached to an aromatic ring is 1. The molecule has 3 N–H and O–H groups in total. The number of hydrogen-bond acceptors (Lipinski definition) is 3. The van der Waals surface area contributed by atoms with E-state index in [0.29, 0.717) is 6.54 Å². The first-order valence-electron chi connectivity index (χ1n) is 6.74. The van der Waals surface area contributed by atoms with Crippen molar-refractivity contribution in [1.29, 1.82) is 0 Å². The van der Waals surface area contributed by atoms with Crippen molar-refractivity contribution in [3.63, 3.8) is 0 Å². The van der Waals surface area contributed by atoms with Gasteiger partial charge in [0.1, 0.15) is 0 Å². The molecule has 1 rings (SSSR count). The molecule has 0 atom stereocenters. The van der Waals surface area contributed by atoms with Crippen LogP contribution < -0.4 is 11.3 Å². The number of unbranched alkanes of at least 4 members (excludes halogenated alkanes) is 2. The third-order valence-corrected chi connectivity index (χ3v) is 3.18. The molecule has 0 radical (unpaired) electrons. The monoisotopic (exact) mass is 303 g/mol. The van der Waals surface area contributed by atoms with E-state index in [1.54, 1.807) is 7.05 Å². The molecule has 0 aliphatic heterocycles. The number of carbonyl (C=O) groups is 1. The number of benzene rings is 1. The Balaban J connectivity index is 3.00. The van der Waals surface area contributed by atoms with Crippen molar-refractivity contribution >= 4 is 11.6 Å². The molecule has 118 valence electrons. The van der Waals surface area contributed by atoms with Crippen LogP contribution in [0, 0.1) is 0 Å². The van der Waals surface area contributed by atoms with Gasteiger partial charge >= 0.3 is 6.18 Å². The second-order valence-corrected chi connectivity index (χ2v) is 4.84. The smallest absolute Gasteiger partial charge is 0.342 e. The van der Waals surface area contributed by atoms with Gasteiger partial charge in [0.15, 0.2) is 0 Å². The lowest BCUT2D eigenvalue weighted by atomic mass is 10.1. The second kappa shape index (κ2) is 7.31. The van der Waals surface area contributed by atoms with E-state index < -0.39 is 17.6 Å². The number of alkyl halides is 3. The summed E-state index contributed by atoms with van der Waals surface area (Å²) in [4.78, 5) is 13.7. The summed E-state index contributed by atoms with van der Waals surface area (Å²) >= 11 is 0. The van der Waals surface area contributed by atoms with E-state index in [4.69, 9.17) is 5.84 Å². The summed E-state index contributed by atoms with van der Waals surface area (Å²) in [5.74, 6) is 4.79. The Morgan fingerprint density at radius 3 is 2.52 bits per heavy atom. The summed E-state index contributed by atoms with van der Waals surface area (Å²) in [6.07, 6.45) is -1.73. The molecule has 1 aromatic rings. The molecular weight excluding hydrogens is 283 g/mol. The number of nitrogens with two attached hydrogens (primary N) is 1. The van der Waals surface area contributed by atoms with E-state index in [1.807, 2.05) is 6.92 Å². The van der Waals surface area contributed by atoms with Crippen LogP contribution in [0.5, 0.6) is 0 Å². The third kappa shape index (κ3) is 4.63. The minimum Gasteiger partial charge on any atom is -0.342 e. The number of hydrogen-bond donors (Lipinski definition) is 2. The number of anilines is 1. The van der Waals surface area contributed by atoms with Crippen molar-refractivity contribution in [3.05, 3.63) is 29.3 Å². The first-order valence-corrected chi connectivity index (χ1v) is 6.74. The summed E-state index contributed by atoms with van der Waals surface area (Å²) in [6, 6.07) is 2.88. The molecule has 7 heteroatoms. The zero-order valence-corrected chi connectivity index (χ0v) is 12.1. The van der Waals surface area contributed by atoms with E-state index in [0.717, 1.165) is 37.5 Å². The van der Waals surface area contributed by atoms with E-state index in [9.17, 15) is 18.0 Å². The molecule has 0 bridgehead atoms. The van der Waals surface area contributed by atoms with Crippen LogP contribution in [0.15, 0.2) is 18.2 Å². The Hall–Kier alpha value is -1.76. The molecule has 21 heavy (non-hydrogen) atoms. The zero-order valence-electron chi connectivity index (χ0n) is 12.1. The fraction of sp³-hybridized carbons (Fsp3) is 0.500. The minimum absolute atomic E-state index is 0.0775. The van der Waals surface area contributed by atoms with Crippen LogP contribution in [0.25, 0.3) is 0 Å². The largest absolute Gasteiger partial charge is 0.416 e. The highest BCUT2D eigenvalue weighted by Gasteiger charge is 2.32. The number of hydrazine groups is 1. The molecule has 0 aliphatic carbocycles. The van der Waals surface area contributed by atoms with Gasteiger partial charge in [0.05, 0.1) is 16.8 Å². The summed E-state index contributed by atoms with van der Waals surface area (Å²) < 4.78 is 38.2. The highest BCUT2D eigenvalue weighted by molar-refractivity contribution is 5.99. The van der Waals surface area contributed by atoms with E-state index >= 15 is 0 Å². The second-order valence-electron chi connectivity index (χ2n) is 4.84. The third-order valence-electron chi connectivity index (χ3n) is 3.18. The van der Waals surface area contributed by atoms with Crippen LogP contribution in [0.4, 0.5) is 18.9 Å². The van der Waals surface area contributed by atoms with Gasteiger partial charge in [0.25, 0.3) is 5.91 Å². The van der Waals surface area contributed by atoms with Gasteiger partial charge in [-0.3, -0.25) is 10.6 Å². The summed E-state index contributed by atoms with van der Waals surface area (Å²) in [6.45, 7) is 2.53. The minimum atomic E-state index is -4.50. The van der Waals surface area contributed by atoms with Gasteiger partial charge in [0, 0.05) is 13.6 Å². The average Bonchev–Trinajstić information content (AvgIpc) is 2.44. The number of halogens is 3. The lowest BCUT2D eigenvalue weighted by Gasteiger charge is -2.20. The Bertz CT molecular complexity index is 489. The Morgan fingerprint density at radius 2 is 2.00 bits per heavy atom. The maximum absolute atomic E-state index is 12.7. The van der Waals surface area contributed by atoms with Gasteiger partial charge in [-0.2, -0.15) is 13.2 Å². The number of amides is 1. The van der Waals surface area contributed by atoms with Crippen molar-refractivity contribution in [3.8, 4) is 0 Å². The fourth-order valence-corrected chi connectivity index (χ4v) is 1.93. The fourth-order valence-electron chi connectivity index (χ4n) is 1.93. The molecular formula is C14H20F3N3O. The predicted octanol–water partition coefficient (Wildman–Crippen LogP) is 3.25. The van der Waals surface area contributed by atoms with Gasteiger partial charge in [-0.15, -0.1) is 0 Å². The maximum atomic E-state index is 12.7. The van der Waals surface area contributed by atoms with E-state index in [-0.39, 0.29) is 11.3 Å². The molecule has 0 heterocycles. The molecule has 1 aromatic carbocycles. The molecule has 0 aromatic heterocycles. The maximum Gasteiger partial charge on any atom is 0.416 e. The molecule has 0 spiro atoms. The normalized spacial score (nSPS) is 11.3. The van der Waals surface area contributed by atoms with Crippen LogP contribution in [0.3, 0.4) is 0 Å². The molecule has 0 saturated heterocycles. The number of rotatable bonds is 6. The predicted molar refractivity (Wildman–Crippen MR) is 75.7 cm³/mol. The van der Waals surface area contributed by atoms with Crippen LogP contribution in [0.1, 0.15) is 42.1 Å². The quantitative estimate of drug-likeness (QED) is 0.482. The lowest BCUT2D eigenvalue weighted by Crippen LogP contribution is -2.29. The summed E-state index contributed by atoms with van der Waals surface area (Å²) in [5, 5.41) is 0. The Morgan fingerprint density at radius 1 is 1.33 bits per heavy atom. The van der Waals surface area contributed by atoms with Gasteiger partial charge < -0.3 is 10.3 Å². The molecule has 4 nitrogen and oxygen atoms in total. The summed E-state index contributed by atoms with van der Waals surface area (Å²) in [5.41, 5.74) is 1.49. The highest BCUT2D eigenvalue weighted by Crippen LogP contribution is 2.32. The number of nitrogens with one attached hydrogen (secondary N) is 1. The van der Waals surface area contributed by atoms with E-state index in [2.05, 4.69) is 5.43 Å². The van der Waals surface area contributed by atoms with Crippen molar-refractivity contribution in [2.75, 3.05) is 19.0 Å². The van der Waals surface area contributed by atoms with Crippen LogP contribution >= 0.6 is 0 Å². The molecule has 0 saturated carbocycles. The van der Waals surface area contributed by atoms with Crippen LogP contribution in [-0.2, 0) is 6.18 Å². The molecule has 0 unspecified atom stereocenters. The van der Waals surface area contributed by atoms with E-state index in [1.165, 1.54) is 4.90 Å². The SMILES string of the molecule is CCCCCN(C)C(=O)c1cc(C(F)(F)F)ccc1NN. The number of carbonyl (C=O) groups excluding carboxylic acids is 1. The first-order chi connectivity index (χ1) is 9.81. The van der Waals surface area contributed by atoms with Crippen molar-refractivity contribution in [1.82, 2.24) is 4.90 Å². The number of nitrogens with zero attached hydrogens (tertiary/aromatic N) is 1. The Kier molecular flexibility index (Phi) is 6.02. The standard InChI is InChI=1S/C14H20F3N3O/c1-3-4-5-8-20(2)13(21)11-9-10(14(15,16)17)6-7-12(11)19-18/h6-7,9,19H,3-5,8,18H2,1-2H3. The topological polar surface area (TPSA) is 58.4 Å². The zero-order chi connectivity index (χ0) is 16.0. The van der Waals surface area contributed by atoms with Crippen LogP contribution in [0.2, 0.25) is 0 Å². The summed E-state index contributed by atoms with van der Waals surface area (Å²) in [7, 11) is 1.57. The van der Waals surface area contributed by atoms with Gasteiger partial charge in [-0.05, 0) is 24.6 Å². The highest BCUT2D eigenvalue weighted by atomic mass is 19.4. The lowest BCUT2D eigenvalue weighted by molar-refractivity contribution is -0.137. The van der Waals surface area contributed by atoms with Crippen molar-refractivity contribution in [2.24, 2.45) is 5.84 Å². The van der Waals surface area contributed by atoms with Crippen LogP contribution in [-0.4, -0.2) is 24.4 Å².